The van der Waals surface area contributed by atoms with Gasteiger partial charge in [-0.3, -0.25) is 24.0 Å². The summed E-state index contributed by atoms with van der Waals surface area (Å²) in [4.78, 5) is 71.0. The molecule has 36 heavy (non-hydrogen) atoms. The standard InChI is InChI=1S/C22H30N4O9S/c23-13(6-8-17(27)28)19(31)26-16(11-36)21(33)25-15(10-12-4-2-1-3-5-12)20(32)24-14(22(34)35)7-9-18(29)30/h1-5,13-16,36H,6-11,23H2,(H,24,32)(H,25,33)(H,26,31)(H,27,28)(H,29,30)(H,34,35). The summed E-state index contributed by atoms with van der Waals surface area (Å²) < 4.78 is 0. The molecule has 4 atom stereocenters. The van der Waals surface area contributed by atoms with Gasteiger partial charge >= 0.3 is 17.9 Å². The lowest BCUT2D eigenvalue weighted by atomic mass is 10.0. The lowest BCUT2D eigenvalue weighted by molar-refractivity contribution is -0.143. The minimum absolute atomic E-state index is 0.0327. The summed E-state index contributed by atoms with van der Waals surface area (Å²) in [5, 5.41) is 33.9. The number of hydrogen-bond acceptors (Lipinski definition) is 8. The number of carboxylic acid groups (broad SMARTS) is 3. The van der Waals surface area contributed by atoms with Gasteiger partial charge in [0.15, 0.2) is 0 Å². The Hall–Kier alpha value is -3.65. The van der Waals surface area contributed by atoms with Gasteiger partial charge in [-0.15, -0.1) is 0 Å². The molecule has 0 radical (unpaired) electrons. The van der Waals surface area contributed by atoms with Crippen LogP contribution < -0.4 is 21.7 Å². The summed E-state index contributed by atoms with van der Waals surface area (Å²) >= 11 is 4.04. The number of thiol groups is 1. The Balaban J connectivity index is 2.98. The van der Waals surface area contributed by atoms with Gasteiger partial charge in [0.05, 0.1) is 6.04 Å². The highest BCUT2D eigenvalue weighted by molar-refractivity contribution is 7.80. The summed E-state index contributed by atoms with van der Waals surface area (Å²) in [5.41, 5.74) is 6.30. The van der Waals surface area contributed by atoms with E-state index >= 15 is 0 Å². The average molecular weight is 527 g/mol. The van der Waals surface area contributed by atoms with Gasteiger partial charge in [0.2, 0.25) is 17.7 Å². The quantitative estimate of drug-likeness (QED) is 0.119. The largest absolute Gasteiger partial charge is 0.481 e. The molecule has 0 aliphatic heterocycles. The number of nitrogens with two attached hydrogens (primary N) is 1. The zero-order valence-electron chi connectivity index (χ0n) is 19.3. The van der Waals surface area contributed by atoms with Crippen LogP contribution in [0.3, 0.4) is 0 Å². The van der Waals surface area contributed by atoms with E-state index in [0.29, 0.717) is 5.56 Å². The molecule has 0 fully saturated rings. The van der Waals surface area contributed by atoms with Crippen LogP contribution in [0.4, 0.5) is 0 Å². The van der Waals surface area contributed by atoms with Crippen molar-refractivity contribution in [1.82, 2.24) is 16.0 Å². The predicted molar refractivity (Wildman–Crippen MR) is 129 cm³/mol. The minimum atomic E-state index is -1.50. The molecule has 1 aromatic rings. The molecule has 1 rings (SSSR count). The SMILES string of the molecule is NC(CCC(=O)O)C(=O)NC(CS)C(=O)NC(Cc1ccccc1)C(=O)NC(CCC(=O)O)C(=O)O. The van der Waals surface area contributed by atoms with Crippen LogP contribution in [-0.4, -0.2) is 80.9 Å². The molecule has 14 heteroatoms. The zero-order chi connectivity index (χ0) is 27.3. The smallest absolute Gasteiger partial charge is 0.326 e. The van der Waals surface area contributed by atoms with Crippen molar-refractivity contribution in [2.75, 3.05) is 5.75 Å². The molecule has 0 aliphatic rings. The van der Waals surface area contributed by atoms with E-state index in [2.05, 4.69) is 28.6 Å². The van der Waals surface area contributed by atoms with Crippen LogP contribution in [0.1, 0.15) is 31.2 Å². The zero-order valence-corrected chi connectivity index (χ0v) is 20.1. The lowest BCUT2D eigenvalue weighted by Crippen LogP contribution is -2.58. The average Bonchev–Trinajstić information content (AvgIpc) is 2.82. The van der Waals surface area contributed by atoms with E-state index in [1.54, 1.807) is 30.3 Å². The van der Waals surface area contributed by atoms with Crippen molar-refractivity contribution in [3.05, 3.63) is 35.9 Å². The third kappa shape index (κ3) is 11.2. The van der Waals surface area contributed by atoms with E-state index in [9.17, 15) is 33.9 Å². The van der Waals surface area contributed by atoms with Gasteiger partial charge in [0, 0.05) is 25.0 Å². The second-order valence-corrected chi connectivity index (χ2v) is 8.23. The second kappa shape index (κ2) is 15.4. The van der Waals surface area contributed by atoms with Crippen molar-refractivity contribution in [3.63, 3.8) is 0 Å². The molecule has 0 aromatic heterocycles. The highest BCUT2D eigenvalue weighted by Crippen LogP contribution is 2.07. The van der Waals surface area contributed by atoms with Gasteiger partial charge in [-0.05, 0) is 18.4 Å². The van der Waals surface area contributed by atoms with Crippen LogP contribution in [0.25, 0.3) is 0 Å². The van der Waals surface area contributed by atoms with Crippen molar-refractivity contribution in [2.24, 2.45) is 5.73 Å². The van der Waals surface area contributed by atoms with Gasteiger partial charge < -0.3 is 37.0 Å². The van der Waals surface area contributed by atoms with E-state index < -0.39 is 66.2 Å². The maximum Gasteiger partial charge on any atom is 0.326 e. The molecule has 0 aliphatic carbocycles. The molecule has 0 spiro atoms. The van der Waals surface area contributed by atoms with E-state index in [4.69, 9.17) is 15.9 Å². The van der Waals surface area contributed by atoms with Crippen molar-refractivity contribution < 1.29 is 44.1 Å². The van der Waals surface area contributed by atoms with Crippen molar-refractivity contribution >= 4 is 48.3 Å². The van der Waals surface area contributed by atoms with Crippen LogP contribution >= 0.6 is 12.6 Å². The number of aliphatic carboxylic acids is 3. The molecule has 198 valence electrons. The maximum absolute atomic E-state index is 12.9. The summed E-state index contributed by atoms with van der Waals surface area (Å²) in [7, 11) is 0. The third-order valence-electron chi connectivity index (χ3n) is 5.00. The summed E-state index contributed by atoms with van der Waals surface area (Å²) in [5.74, 6) is -6.46. The van der Waals surface area contributed by atoms with Crippen LogP contribution in [0.2, 0.25) is 0 Å². The Morgan fingerprint density at radius 3 is 1.78 bits per heavy atom. The van der Waals surface area contributed by atoms with E-state index in [1.807, 2.05) is 0 Å². The van der Waals surface area contributed by atoms with Gasteiger partial charge in [-0.1, -0.05) is 30.3 Å². The summed E-state index contributed by atoms with van der Waals surface area (Å²) in [6, 6.07) is 3.32. The molecule has 3 amide bonds. The number of rotatable bonds is 16. The number of amides is 3. The highest BCUT2D eigenvalue weighted by Gasteiger charge is 2.30. The fraction of sp³-hybridized carbons (Fsp3) is 0.455. The molecular formula is C22H30N4O9S. The number of carbonyl (C=O) groups is 6. The van der Waals surface area contributed by atoms with E-state index in [0.717, 1.165) is 0 Å². The Bertz CT molecular complexity index is 945. The molecule has 8 N–H and O–H groups in total. The Morgan fingerprint density at radius 2 is 1.25 bits per heavy atom. The molecule has 13 nitrogen and oxygen atoms in total. The van der Waals surface area contributed by atoms with E-state index in [-0.39, 0.29) is 31.4 Å². The molecule has 0 saturated carbocycles. The maximum atomic E-state index is 12.9. The molecule has 0 heterocycles. The Morgan fingerprint density at radius 1 is 0.750 bits per heavy atom. The second-order valence-electron chi connectivity index (χ2n) is 7.87. The van der Waals surface area contributed by atoms with Gasteiger partial charge in [0.25, 0.3) is 0 Å². The van der Waals surface area contributed by atoms with Crippen molar-refractivity contribution in [1.29, 1.82) is 0 Å². The first-order chi connectivity index (χ1) is 16.9. The number of carbonyl (C=O) groups excluding carboxylic acids is 3. The fourth-order valence-electron chi connectivity index (χ4n) is 3.01. The summed E-state index contributed by atoms with van der Waals surface area (Å²) in [6.45, 7) is 0. The number of nitrogens with one attached hydrogen (secondary N) is 3. The van der Waals surface area contributed by atoms with Crippen molar-refractivity contribution in [2.45, 2.75) is 56.3 Å². The molecular weight excluding hydrogens is 496 g/mol. The molecule has 4 unspecified atom stereocenters. The first-order valence-electron chi connectivity index (χ1n) is 10.9. The normalized spacial score (nSPS) is 13.9. The third-order valence-corrected chi connectivity index (χ3v) is 5.36. The van der Waals surface area contributed by atoms with Gasteiger partial charge in [0.1, 0.15) is 18.1 Å². The predicted octanol–water partition coefficient (Wildman–Crippen LogP) is -1.25. The highest BCUT2D eigenvalue weighted by atomic mass is 32.1. The minimum Gasteiger partial charge on any atom is -0.481 e. The molecule has 0 bridgehead atoms. The number of benzene rings is 1. The summed E-state index contributed by atoms with van der Waals surface area (Å²) in [6.07, 6.45) is -1.41. The van der Waals surface area contributed by atoms with Gasteiger partial charge in [-0.25, -0.2) is 4.79 Å². The van der Waals surface area contributed by atoms with Crippen LogP contribution in [0.15, 0.2) is 30.3 Å². The van der Waals surface area contributed by atoms with Crippen LogP contribution in [-0.2, 0) is 35.2 Å². The molecule has 1 aromatic carbocycles. The lowest BCUT2D eigenvalue weighted by Gasteiger charge is -2.24. The van der Waals surface area contributed by atoms with E-state index in [1.165, 1.54) is 0 Å². The number of hydrogen-bond donors (Lipinski definition) is 8. The van der Waals surface area contributed by atoms with Crippen molar-refractivity contribution in [3.8, 4) is 0 Å². The van der Waals surface area contributed by atoms with Crippen LogP contribution in [0, 0.1) is 0 Å². The topological polar surface area (TPSA) is 225 Å². The number of carboxylic acids is 3. The fourth-order valence-corrected chi connectivity index (χ4v) is 3.27. The Kier molecular flexibility index (Phi) is 13.0. The first-order valence-corrected chi connectivity index (χ1v) is 11.6. The van der Waals surface area contributed by atoms with Crippen LogP contribution in [0.5, 0.6) is 0 Å². The monoisotopic (exact) mass is 526 g/mol. The van der Waals surface area contributed by atoms with Gasteiger partial charge in [-0.2, -0.15) is 12.6 Å². The Labute approximate surface area is 212 Å². The molecule has 0 saturated heterocycles. The first kappa shape index (κ1) is 30.4.